The number of anilines is 1. The molecule has 0 aliphatic carbocycles. The standard InChI is InChI=1S/C16H21NO3S/c1-12(18)9-10-14-11-13-7-5-6-8-15(13)17(16(14,2)3)21(4,19)20/h5-8,11H,9-10H2,1-4H3. The summed E-state index contributed by atoms with van der Waals surface area (Å²) in [5.41, 5.74) is 1.86. The Bertz CT molecular complexity index is 702. The monoisotopic (exact) mass is 307 g/mol. The first-order valence-electron chi connectivity index (χ1n) is 6.94. The number of hydrogen-bond donors (Lipinski definition) is 0. The number of rotatable bonds is 4. The van der Waals surface area contributed by atoms with Crippen LogP contribution in [-0.4, -0.2) is 26.0 Å². The molecule has 0 unspecified atom stereocenters. The fourth-order valence-corrected chi connectivity index (χ4v) is 4.34. The third-order valence-electron chi connectivity index (χ3n) is 3.86. The van der Waals surface area contributed by atoms with E-state index in [0.717, 1.165) is 11.1 Å². The molecule has 0 bridgehead atoms. The van der Waals surface area contributed by atoms with Crippen LogP contribution in [-0.2, 0) is 14.8 Å². The highest BCUT2D eigenvalue weighted by Crippen LogP contribution is 2.42. The Hall–Kier alpha value is -1.62. The van der Waals surface area contributed by atoms with Crippen LogP contribution in [0.25, 0.3) is 6.08 Å². The molecule has 1 aromatic carbocycles. The molecule has 114 valence electrons. The minimum absolute atomic E-state index is 0.108. The van der Waals surface area contributed by atoms with Crippen molar-refractivity contribution in [2.24, 2.45) is 0 Å². The first kappa shape index (κ1) is 15.8. The van der Waals surface area contributed by atoms with E-state index in [1.54, 1.807) is 6.92 Å². The number of benzene rings is 1. The molecule has 0 saturated carbocycles. The van der Waals surface area contributed by atoms with Gasteiger partial charge < -0.3 is 4.79 Å². The quantitative estimate of drug-likeness (QED) is 0.859. The summed E-state index contributed by atoms with van der Waals surface area (Å²) >= 11 is 0. The molecule has 0 atom stereocenters. The van der Waals surface area contributed by atoms with E-state index in [9.17, 15) is 13.2 Å². The van der Waals surface area contributed by atoms with Gasteiger partial charge in [-0.05, 0) is 44.4 Å². The maximum absolute atomic E-state index is 12.3. The molecule has 0 spiro atoms. The molecule has 4 nitrogen and oxygen atoms in total. The van der Waals surface area contributed by atoms with Gasteiger partial charge >= 0.3 is 0 Å². The van der Waals surface area contributed by atoms with Crippen molar-refractivity contribution < 1.29 is 13.2 Å². The molecule has 0 aromatic heterocycles. The molecular weight excluding hydrogens is 286 g/mol. The van der Waals surface area contributed by atoms with Crippen molar-refractivity contribution >= 4 is 27.6 Å². The Morgan fingerprint density at radius 1 is 1.24 bits per heavy atom. The van der Waals surface area contributed by atoms with Gasteiger partial charge in [-0.3, -0.25) is 4.31 Å². The summed E-state index contributed by atoms with van der Waals surface area (Å²) < 4.78 is 26.0. The highest BCUT2D eigenvalue weighted by Gasteiger charge is 2.40. The fourth-order valence-electron chi connectivity index (χ4n) is 2.87. The van der Waals surface area contributed by atoms with Crippen LogP contribution in [0.4, 0.5) is 5.69 Å². The number of nitrogens with zero attached hydrogens (tertiary/aromatic N) is 1. The van der Waals surface area contributed by atoms with Crippen LogP contribution in [0.3, 0.4) is 0 Å². The molecule has 0 radical (unpaired) electrons. The Morgan fingerprint density at radius 2 is 1.86 bits per heavy atom. The number of hydrogen-bond acceptors (Lipinski definition) is 3. The van der Waals surface area contributed by atoms with Gasteiger partial charge in [0, 0.05) is 6.42 Å². The van der Waals surface area contributed by atoms with Gasteiger partial charge in [0.1, 0.15) is 5.78 Å². The Kier molecular flexibility index (Phi) is 3.97. The van der Waals surface area contributed by atoms with E-state index < -0.39 is 15.6 Å². The maximum atomic E-state index is 12.3. The van der Waals surface area contributed by atoms with E-state index in [0.29, 0.717) is 18.5 Å². The number of para-hydroxylation sites is 1. The molecular formula is C16H21NO3S. The SMILES string of the molecule is CC(=O)CCC1=Cc2ccccc2N(S(C)(=O)=O)C1(C)C. The highest BCUT2D eigenvalue weighted by atomic mass is 32.2. The fraction of sp³-hybridized carbons (Fsp3) is 0.438. The molecule has 1 aliphatic rings. The molecule has 1 heterocycles. The minimum atomic E-state index is -3.41. The van der Waals surface area contributed by atoms with Crippen LogP contribution >= 0.6 is 0 Å². The Labute approximate surface area is 126 Å². The summed E-state index contributed by atoms with van der Waals surface area (Å²) in [4.78, 5) is 11.3. The van der Waals surface area contributed by atoms with E-state index in [-0.39, 0.29) is 5.78 Å². The van der Waals surface area contributed by atoms with Crippen LogP contribution < -0.4 is 4.31 Å². The third-order valence-corrected chi connectivity index (χ3v) is 5.17. The summed E-state index contributed by atoms with van der Waals surface area (Å²) in [6, 6.07) is 7.44. The second-order valence-corrected chi connectivity index (χ2v) is 7.85. The topological polar surface area (TPSA) is 54.5 Å². The van der Waals surface area contributed by atoms with Crippen LogP contribution in [0.5, 0.6) is 0 Å². The van der Waals surface area contributed by atoms with Crippen LogP contribution in [0.2, 0.25) is 0 Å². The molecule has 0 fully saturated rings. The van der Waals surface area contributed by atoms with Gasteiger partial charge in [0.15, 0.2) is 0 Å². The normalized spacial score (nSPS) is 17.1. The van der Waals surface area contributed by atoms with E-state index in [2.05, 4.69) is 0 Å². The summed E-state index contributed by atoms with van der Waals surface area (Å²) in [6.07, 6.45) is 4.23. The molecule has 0 saturated heterocycles. The minimum Gasteiger partial charge on any atom is -0.300 e. The molecule has 2 rings (SSSR count). The largest absolute Gasteiger partial charge is 0.300 e. The zero-order valence-electron chi connectivity index (χ0n) is 12.9. The Balaban J connectivity index is 2.59. The molecule has 5 heteroatoms. The van der Waals surface area contributed by atoms with Gasteiger partial charge in [0.05, 0.1) is 17.5 Å². The molecule has 0 N–H and O–H groups in total. The van der Waals surface area contributed by atoms with Gasteiger partial charge in [0.25, 0.3) is 0 Å². The summed E-state index contributed by atoms with van der Waals surface area (Å²) in [6.45, 7) is 5.32. The predicted molar refractivity (Wildman–Crippen MR) is 85.7 cm³/mol. The number of sulfonamides is 1. The van der Waals surface area contributed by atoms with E-state index in [4.69, 9.17) is 0 Å². The molecule has 21 heavy (non-hydrogen) atoms. The number of ketones is 1. The van der Waals surface area contributed by atoms with Crippen molar-refractivity contribution in [3.8, 4) is 0 Å². The number of fused-ring (bicyclic) bond motifs is 1. The van der Waals surface area contributed by atoms with Crippen LogP contribution in [0, 0.1) is 0 Å². The lowest BCUT2D eigenvalue weighted by Crippen LogP contribution is -2.50. The van der Waals surface area contributed by atoms with Crippen molar-refractivity contribution in [3.63, 3.8) is 0 Å². The van der Waals surface area contributed by atoms with Gasteiger partial charge in [0.2, 0.25) is 10.0 Å². The molecule has 0 amide bonds. The molecule has 1 aromatic rings. The van der Waals surface area contributed by atoms with Gasteiger partial charge in [-0.15, -0.1) is 0 Å². The number of Topliss-reactive ketones (excluding diaryl/α,β-unsaturated/α-hetero) is 1. The van der Waals surface area contributed by atoms with Crippen LogP contribution in [0.1, 0.15) is 39.2 Å². The van der Waals surface area contributed by atoms with Crippen LogP contribution in [0.15, 0.2) is 29.8 Å². The highest BCUT2D eigenvalue weighted by molar-refractivity contribution is 7.92. The zero-order valence-corrected chi connectivity index (χ0v) is 13.7. The molecule has 1 aliphatic heterocycles. The summed E-state index contributed by atoms with van der Waals surface area (Å²) in [5, 5.41) is 0. The first-order valence-corrected chi connectivity index (χ1v) is 8.79. The van der Waals surface area contributed by atoms with E-state index in [1.807, 2.05) is 44.2 Å². The lowest BCUT2D eigenvalue weighted by molar-refractivity contribution is -0.116. The van der Waals surface area contributed by atoms with Crippen molar-refractivity contribution in [2.75, 3.05) is 10.6 Å². The van der Waals surface area contributed by atoms with Gasteiger partial charge in [-0.25, -0.2) is 8.42 Å². The van der Waals surface area contributed by atoms with Crippen molar-refractivity contribution in [3.05, 3.63) is 35.4 Å². The van der Waals surface area contributed by atoms with Crippen molar-refractivity contribution in [1.29, 1.82) is 0 Å². The van der Waals surface area contributed by atoms with Gasteiger partial charge in [-0.1, -0.05) is 24.3 Å². The predicted octanol–water partition coefficient (Wildman–Crippen LogP) is 3.00. The van der Waals surface area contributed by atoms with Gasteiger partial charge in [-0.2, -0.15) is 0 Å². The number of carbonyl (C=O) groups excluding carboxylic acids is 1. The van der Waals surface area contributed by atoms with E-state index >= 15 is 0 Å². The number of carbonyl (C=O) groups is 1. The summed E-state index contributed by atoms with van der Waals surface area (Å²) in [5.74, 6) is 0.108. The average molecular weight is 307 g/mol. The zero-order chi connectivity index (χ0) is 15.8. The smallest absolute Gasteiger partial charge is 0.233 e. The average Bonchev–Trinajstić information content (AvgIpc) is 2.33. The summed E-state index contributed by atoms with van der Waals surface area (Å²) in [7, 11) is -3.41. The second kappa shape index (κ2) is 5.30. The second-order valence-electron chi connectivity index (χ2n) is 6.02. The van der Waals surface area contributed by atoms with Crippen molar-refractivity contribution in [1.82, 2.24) is 0 Å². The first-order chi connectivity index (χ1) is 9.64. The lowest BCUT2D eigenvalue weighted by atomic mass is 9.84. The Morgan fingerprint density at radius 3 is 2.43 bits per heavy atom. The lowest BCUT2D eigenvalue weighted by Gasteiger charge is -2.44. The third kappa shape index (κ3) is 3.02. The maximum Gasteiger partial charge on any atom is 0.233 e. The van der Waals surface area contributed by atoms with Crippen molar-refractivity contribution in [2.45, 2.75) is 39.2 Å². The van der Waals surface area contributed by atoms with E-state index in [1.165, 1.54) is 10.6 Å².